The second-order valence-corrected chi connectivity index (χ2v) is 6.12. The van der Waals surface area contributed by atoms with E-state index in [1.54, 1.807) is 0 Å². The summed E-state index contributed by atoms with van der Waals surface area (Å²) in [6, 6.07) is 0. The van der Waals surface area contributed by atoms with Crippen LogP contribution in [0.1, 0.15) is 78.1 Å². The third-order valence-electron chi connectivity index (χ3n) is 5.01. The van der Waals surface area contributed by atoms with E-state index < -0.39 is 0 Å². The van der Waals surface area contributed by atoms with Crippen LogP contribution in [-0.2, 0) is 4.74 Å². The Hall–Kier alpha value is -0.0400. The van der Waals surface area contributed by atoms with Crippen molar-refractivity contribution >= 4 is 0 Å². The minimum atomic E-state index is 0.558. The first-order chi connectivity index (χ1) is 8.35. The Morgan fingerprint density at radius 3 is 1.41 bits per heavy atom. The van der Waals surface area contributed by atoms with Gasteiger partial charge in [-0.1, -0.05) is 39.5 Å². The van der Waals surface area contributed by atoms with Gasteiger partial charge in [0.05, 0.1) is 12.2 Å². The van der Waals surface area contributed by atoms with E-state index in [9.17, 15) is 0 Å². The van der Waals surface area contributed by atoms with E-state index in [2.05, 4.69) is 13.8 Å². The third kappa shape index (κ3) is 3.47. The number of rotatable bonds is 6. The largest absolute Gasteiger partial charge is 0.374 e. The molecule has 0 aromatic heterocycles. The molecule has 0 spiro atoms. The Morgan fingerprint density at radius 1 is 0.765 bits per heavy atom. The maximum absolute atomic E-state index is 6.52. The maximum Gasteiger partial charge on any atom is 0.0604 e. The molecule has 0 saturated heterocycles. The molecule has 0 amide bonds. The van der Waals surface area contributed by atoms with Crippen molar-refractivity contribution in [3.63, 3.8) is 0 Å². The van der Waals surface area contributed by atoms with E-state index in [1.807, 2.05) is 0 Å². The summed E-state index contributed by atoms with van der Waals surface area (Å²) in [4.78, 5) is 0. The van der Waals surface area contributed by atoms with Gasteiger partial charge < -0.3 is 4.74 Å². The highest BCUT2D eigenvalue weighted by atomic mass is 16.5. The van der Waals surface area contributed by atoms with E-state index in [-0.39, 0.29) is 0 Å². The summed E-state index contributed by atoms with van der Waals surface area (Å²) in [5.74, 6) is 1.74. The zero-order valence-electron chi connectivity index (χ0n) is 11.8. The summed E-state index contributed by atoms with van der Waals surface area (Å²) in [5, 5.41) is 0. The molecule has 0 N–H and O–H groups in total. The fraction of sp³-hybridized carbons (Fsp3) is 1.00. The highest BCUT2D eigenvalue weighted by Gasteiger charge is 2.30. The van der Waals surface area contributed by atoms with Crippen LogP contribution in [0.4, 0.5) is 0 Å². The lowest BCUT2D eigenvalue weighted by molar-refractivity contribution is -0.0694. The fourth-order valence-electron chi connectivity index (χ4n) is 3.96. The summed E-state index contributed by atoms with van der Waals surface area (Å²) in [7, 11) is 0. The average molecular weight is 238 g/mol. The predicted octanol–water partition coefficient (Wildman–Crippen LogP) is 4.94. The summed E-state index contributed by atoms with van der Waals surface area (Å²) >= 11 is 0. The average Bonchev–Trinajstić information content (AvgIpc) is 3.03. The summed E-state index contributed by atoms with van der Waals surface area (Å²) in [6.45, 7) is 4.62. The van der Waals surface area contributed by atoms with Crippen LogP contribution in [0.2, 0.25) is 0 Å². The second-order valence-electron chi connectivity index (χ2n) is 6.12. The standard InChI is InChI=1S/C16H30O/c1-3-15(13-9-5-6-10-13)17-16(4-2)14-11-7-8-12-14/h13-16H,3-12H2,1-2H3. The molecule has 17 heavy (non-hydrogen) atoms. The van der Waals surface area contributed by atoms with Gasteiger partial charge in [-0.3, -0.25) is 0 Å². The number of hydrogen-bond acceptors (Lipinski definition) is 1. The van der Waals surface area contributed by atoms with Crippen molar-refractivity contribution < 1.29 is 4.74 Å². The predicted molar refractivity (Wildman–Crippen MR) is 73.2 cm³/mol. The zero-order valence-corrected chi connectivity index (χ0v) is 11.8. The van der Waals surface area contributed by atoms with Crippen LogP contribution in [0.25, 0.3) is 0 Å². The minimum Gasteiger partial charge on any atom is -0.374 e. The molecule has 100 valence electrons. The fourth-order valence-corrected chi connectivity index (χ4v) is 3.96. The molecule has 0 aromatic carbocycles. The van der Waals surface area contributed by atoms with Crippen LogP contribution in [-0.4, -0.2) is 12.2 Å². The topological polar surface area (TPSA) is 9.23 Å². The van der Waals surface area contributed by atoms with Gasteiger partial charge in [0.1, 0.15) is 0 Å². The van der Waals surface area contributed by atoms with E-state index in [1.165, 1.54) is 64.2 Å². The molecule has 1 nitrogen and oxygen atoms in total. The van der Waals surface area contributed by atoms with Gasteiger partial charge in [-0.15, -0.1) is 0 Å². The van der Waals surface area contributed by atoms with Gasteiger partial charge in [0.15, 0.2) is 0 Å². The van der Waals surface area contributed by atoms with Crippen molar-refractivity contribution in [2.75, 3.05) is 0 Å². The Bertz CT molecular complexity index is 180. The lowest BCUT2D eigenvalue weighted by Gasteiger charge is -2.31. The lowest BCUT2D eigenvalue weighted by atomic mass is 9.95. The first kappa shape index (κ1) is 13.4. The van der Waals surface area contributed by atoms with Crippen LogP contribution in [0.15, 0.2) is 0 Å². The Balaban J connectivity index is 1.86. The van der Waals surface area contributed by atoms with Gasteiger partial charge in [0.2, 0.25) is 0 Å². The number of hydrogen-bond donors (Lipinski definition) is 0. The number of ether oxygens (including phenoxy) is 1. The van der Waals surface area contributed by atoms with Crippen LogP contribution >= 0.6 is 0 Å². The van der Waals surface area contributed by atoms with E-state index in [0.29, 0.717) is 12.2 Å². The molecule has 0 aliphatic heterocycles. The molecular weight excluding hydrogens is 208 g/mol. The Morgan fingerprint density at radius 2 is 1.12 bits per heavy atom. The molecule has 2 rings (SSSR count). The Labute approximate surface area is 107 Å². The SMILES string of the molecule is CCC(OC(CC)C1CCCC1)C1CCCC1. The highest BCUT2D eigenvalue weighted by Crippen LogP contribution is 2.35. The van der Waals surface area contributed by atoms with Crippen molar-refractivity contribution in [1.29, 1.82) is 0 Å². The van der Waals surface area contributed by atoms with Crippen molar-refractivity contribution in [1.82, 2.24) is 0 Å². The Kier molecular flexibility index (Phi) is 5.34. The smallest absolute Gasteiger partial charge is 0.0604 e. The monoisotopic (exact) mass is 238 g/mol. The van der Waals surface area contributed by atoms with Gasteiger partial charge in [-0.25, -0.2) is 0 Å². The summed E-state index contributed by atoms with van der Waals surface area (Å²) < 4.78 is 6.52. The first-order valence-corrected chi connectivity index (χ1v) is 8.00. The highest BCUT2D eigenvalue weighted by molar-refractivity contribution is 4.80. The molecule has 2 atom stereocenters. The zero-order chi connectivity index (χ0) is 12.1. The first-order valence-electron chi connectivity index (χ1n) is 8.00. The molecule has 0 bridgehead atoms. The van der Waals surface area contributed by atoms with Gasteiger partial charge in [0, 0.05) is 0 Å². The van der Waals surface area contributed by atoms with Gasteiger partial charge >= 0.3 is 0 Å². The normalized spacial score (nSPS) is 26.5. The van der Waals surface area contributed by atoms with Gasteiger partial charge in [0.25, 0.3) is 0 Å². The molecule has 0 aromatic rings. The van der Waals surface area contributed by atoms with Gasteiger partial charge in [-0.2, -0.15) is 0 Å². The van der Waals surface area contributed by atoms with Gasteiger partial charge in [-0.05, 0) is 50.4 Å². The van der Waals surface area contributed by atoms with Crippen LogP contribution in [0, 0.1) is 11.8 Å². The van der Waals surface area contributed by atoms with Crippen LogP contribution in [0.3, 0.4) is 0 Å². The minimum absolute atomic E-state index is 0.558. The van der Waals surface area contributed by atoms with E-state index in [0.717, 1.165) is 11.8 Å². The van der Waals surface area contributed by atoms with E-state index in [4.69, 9.17) is 4.74 Å². The van der Waals surface area contributed by atoms with Crippen LogP contribution in [0.5, 0.6) is 0 Å². The molecule has 0 heterocycles. The molecule has 2 aliphatic rings. The van der Waals surface area contributed by atoms with E-state index >= 15 is 0 Å². The molecule has 0 radical (unpaired) electrons. The van der Waals surface area contributed by atoms with Crippen molar-refractivity contribution in [3.05, 3.63) is 0 Å². The summed E-state index contributed by atoms with van der Waals surface area (Å²) in [6.07, 6.45) is 15.0. The molecule has 2 saturated carbocycles. The molecule has 2 unspecified atom stereocenters. The molecule has 2 aliphatic carbocycles. The van der Waals surface area contributed by atoms with Crippen molar-refractivity contribution in [2.24, 2.45) is 11.8 Å². The third-order valence-corrected chi connectivity index (χ3v) is 5.01. The second kappa shape index (κ2) is 6.78. The maximum atomic E-state index is 6.52. The molecular formula is C16H30O. The quantitative estimate of drug-likeness (QED) is 0.637. The molecule has 2 fully saturated rings. The lowest BCUT2D eigenvalue weighted by Crippen LogP contribution is -2.31. The molecule has 1 heteroatoms. The summed E-state index contributed by atoms with van der Waals surface area (Å²) in [5.41, 5.74) is 0. The van der Waals surface area contributed by atoms with Crippen molar-refractivity contribution in [2.45, 2.75) is 90.3 Å². The van der Waals surface area contributed by atoms with Crippen molar-refractivity contribution in [3.8, 4) is 0 Å². The van der Waals surface area contributed by atoms with Crippen LogP contribution < -0.4 is 0 Å².